The molecule has 0 unspecified atom stereocenters. The molecule has 2 aliphatic rings. The molecule has 0 amide bonds. The Morgan fingerprint density at radius 3 is 2.76 bits per heavy atom. The summed E-state index contributed by atoms with van der Waals surface area (Å²) in [5.74, 6) is 1.52. The number of aryl methyl sites for hydroxylation is 1. The highest BCUT2D eigenvalue weighted by molar-refractivity contribution is 6.32. The zero-order chi connectivity index (χ0) is 14.4. The minimum atomic E-state index is 0.617. The van der Waals surface area contributed by atoms with Crippen LogP contribution in [0.5, 0.6) is 5.75 Å². The van der Waals surface area contributed by atoms with E-state index in [1.807, 2.05) is 18.2 Å². The van der Waals surface area contributed by atoms with Gasteiger partial charge in [0.15, 0.2) is 11.6 Å². The van der Waals surface area contributed by atoms with Gasteiger partial charge in [0.2, 0.25) is 0 Å². The Morgan fingerprint density at radius 2 is 1.95 bits per heavy atom. The topological polar surface area (TPSA) is 24.8 Å². The third-order valence-electron chi connectivity index (χ3n) is 3.74. The molecule has 2 aromatic rings. The molecule has 0 bridgehead atoms. The molecular weight excluding hydrogens is 284 g/mol. The van der Waals surface area contributed by atoms with Gasteiger partial charge in [-0.1, -0.05) is 47.5 Å². The lowest BCUT2D eigenvalue weighted by atomic mass is 10.1. The number of para-hydroxylation sites is 1. The maximum atomic E-state index is 6.19. The Kier molecular flexibility index (Phi) is 2.76. The summed E-state index contributed by atoms with van der Waals surface area (Å²) in [6.45, 7) is 2.81. The number of ether oxygens (including phenoxy) is 1. The molecule has 0 atom stereocenters. The molecule has 3 nitrogen and oxygen atoms in total. The van der Waals surface area contributed by atoms with E-state index >= 15 is 0 Å². The first-order chi connectivity index (χ1) is 10.2. The van der Waals surface area contributed by atoms with Crippen molar-refractivity contribution in [1.82, 2.24) is 0 Å². The van der Waals surface area contributed by atoms with Gasteiger partial charge in [0.1, 0.15) is 6.26 Å². The second-order valence-corrected chi connectivity index (χ2v) is 5.60. The molecular formula is C17H13ClN2O. The summed E-state index contributed by atoms with van der Waals surface area (Å²) >= 11 is 6.19. The monoisotopic (exact) mass is 296 g/mol. The summed E-state index contributed by atoms with van der Waals surface area (Å²) in [7, 11) is 0. The van der Waals surface area contributed by atoms with Crippen LogP contribution in [0, 0.1) is 6.92 Å². The third-order valence-corrected chi connectivity index (χ3v) is 4.04. The van der Waals surface area contributed by atoms with Crippen molar-refractivity contribution in [2.24, 2.45) is 4.99 Å². The van der Waals surface area contributed by atoms with Crippen LogP contribution in [0.15, 0.2) is 59.5 Å². The van der Waals surface area contributed by atoms with Gasteiger partial charge in [-0.15, -0.1) is 0 Å². The van der Waals surface area contributed by atoms with Gasteiger partial charge >= 0.3 is 0 Å². The van der Waals surface area contributed by atoms with Crippen LogP contribution < -0.4 is 9.64 Å². The van der Waals surface area contributed by atoms with Crippen LogP contribution in [0.25, 0.3) is 0 Å². The summed E-state index contributed by atoms with van der Waals surface area (Å²) in [4.78, 5) is 6.80. The first-order valence-electron chi connectivity index (χ1n) is 6.80. The van der Waals surface area contributed by atoms with Gasteiger partial charge in [0, 0.05) is 0 Å². The van der Waals surface area contributed by atoms with Crippen LogP contribution in [0.2, 0.25) is 5.02 Å². The van der Waals surface area contributed by atoms with E-state index < -0.39 is 0 Å². The molecule has 0 radical (unpaired) electrons. The predicted molar refractivity (Wildman–Crippen MR) is 85.2 cm³/mol. The molecule has 0 spiro atoms. The fourth-order valence-corrected chi connectivity index (χ4v) is 2.82. The average molecular weight is 297 g/mol. The Hall–Kier alpha value is -2.26. The lowest BCUT2D eigenvalue weighted by Gasteiger charge is -2.25. The van der Waals surface area contributed by atoms with Crippen molar-refractivity contribution in [2.75, 3.05) is 11.4 Å². The molecule has 104 valence electrons. The molecule has 4 rings (SSSR count). The molecule has 21 heavy (non-hydrogen) atoms. The number of benzene rings is 2. The van der Waals surface area contributed by atoms with E-state index in [0.29, 0.717) is 10.8 Å². The maximum Gasteiger partial charge on any atom is 0.169 e. The molecule has 2 aliphatic heterocycles. The summed E-state index contributed by atoms with van der Waals surface area (Å²) < 4.78 is 5.63. The number of aliphatic imine (C=N–C) groups is 1. The molecule has 0 N–H and O–H groups in total. The number of rotatable bonds is 1. The Morgan fingerprint density at radius 1 is 1.14 bits per heavy atom. The fraction of sp³-hybridized carbons (Fsp3) is 0.118. The largest absolute Gasteiger partial charge is 0.457 e. The molecule has 2 heterocycles. The van der Waals surface area contributed by atoms with E-state index in [-0.39, 0.29) is 0 Å². The Balaban J connectivity index is 1.72. The van der Waals surface area contributed by atoms with E-state index in [1.54, 1.807) is 6.26 Å². The van der Waals surface area contributed by atoms with E-state index in [2.05, 4.69) is 41.1 Å². The summed E-state index contributed by atoms with van der Waals surface area (Å²) in [5.41, 5.74) is 4.39. The molecule has 4 heteroatoms. The summed E-state index contributed by atoms with van der Waals surface area (Å²) in [5, 5.41) is 0.617. The minimum Gasteiger partial charge on any atom is -0.457 e. The zero-order valence-corrected chi connectivity index (χ0v) is 12.3. The molecule has 0 fully saturated rings. The standard InChI is InChI=1S/C17H13ClN2O/c1-11-5-7-12(8-6-11)14-9-20-15-4-2-3-13(18)17(15)21-10-16(20)19-14/h2-8,10H,9H2,1H3. The number of fused-ring (bicyclic) bond motifs is 3. The molecule has 2 aromatic carbocycles. The van der Waals surface area contributed by atoms with Crippen LogP contribution in [0.4, 0.5) is 5.69 Å². The van der Waals surface area contributed by atoms with Crippen LogP contribution in [-0.4, -0.2) is 12.3 Å². The highest BCUT2D eigenvalue weighted by Crippen LogP contribution is 2.42. The summed E-state index contributed by atoms with van der Waals surface area (Å²) in [6.07, 6.45) is 1.66. The van der Waals surface area contributed by atoms with Crippen LogP contribution in [-0.2, 0) is 0 Å². The van der Waals surface area contributed by atoms with Gasteiger partial charge in [0.05, 0.1) is 23.0 Å². The molecule has 0 aliphatic carbocycles. The smallest absolute Gasteiger partial charge is 0.169 e. The zero-order valence-electron chi connectivity index (χ0n) is 11.5. The van der Waals surface area contributed by atoms with Crippen LogP contribution in [0.1, 0.15) is 11.1 Å². The quantitative estimate of drug-likeness (QED) is 0.790. The van der Waals surface area contributed by atoms with Gasteiger partial charge in [-0.2, -0.15) is 0 Å². The van der Waals surface area contributed by atoms with Crippen molar-refractivity contribution in [3.05, 3.63) is 70.7 Å². The van der Waals surface area contributed by atoms with Crippen LogP contribution >= 0.6 is 11.6 Å². The Labute approximate surface area is 128 Å². The molecule has 0 saturated carbocycles. The lowest BCUT2D eigenvalue weighted by molar-refractivity contribution is 0.464. The van der Waals surface area contributed by atoms with E-state index in [9.17, 15) is 0 Å². The van der Waals surface area contributed by atoms with Gasteiger partial charge in [0.25, 0.3) is 0 Å². The van der Waals surface area contributed by atoms with Crippen molar-refractivity contribution in [3.63, 3.8) is 0 Å². The van der Waals surface area contributed by atoms with E-state index in [4.69, 9.17) is 16.3 Å². The highest BCUT2D eigenvalue weighted by atomic mass is 35.5. The Bertz CT molecular complexity index is 778. The minimum absolute atomic E-state index is 0.617. The first-order valence-corrected chi connectivity index (χ1v) is 7.18. The van der Waals surface area contributed by atoms with Crippen LogP contribution in [0.3, 0.4) is 0 Å². The molecule has 0 saturated heterocycles. The predicted octanol–water partition coefficient (Wildman–Crippen LogP) is 4.15. The van der Waals surface area contributed by atoms with Gasteiger partial charge in [-0.3, -0.25) is 0 Å². The average Bonchev–Trinajstić information content (AvgIpc) is 2.93. The number of nitrogens with zero attached hydrogens (tertiary/aromatic N) is 2. The normalized spacial score (nSPS) is 15.8. The van der Waals surface area contributed by atoms with E-state index in [0.717, 1.165) is 29.3 Å². The number of anilines is 1. The fourth-order valence-electron chi connectivity index (χ4n) is 2.60. The second-order valence-electron chi connectivity index (χ2n) is 5.19. The van der Waals surface area contributed by atoms with Crippen molar-refractivity contribution < 1.29 is 4.74 Å². The van der Waals surface area contributed by atoms with Gasteiger partial charge in [-0.25, -0.2) is 4.99 Å². The van der Waals surface area contributed by atoms with Crippen molar-refractivity contribution in [3.8, 4) is 5.75 Å². The second kappa shape index (κ2) is 4.64. The van der Waals surface area contributed by atoms with Gasteiger partial charge in [-0.05, 0) is 24.6 Å². The lowest BCUT2D eigenvalue weighted by Crippen LogP contribution is -2.24. The van der Waals surface area contributed by atoms with Gasteiger partial charge < -0.3 is 9.64 Å². The SMILES string of the molecule is Cc1ccc(C2=NC3=COc4c(Cl)cccc4N3C2)cc1. The maximum absolute atomic E-state index is 6.19. The number of hydrogen-bond acceptors (Lipinski definition) is 3. The van der Waals surface area contributed by atoms with Crippen molar-refractivity contribution in [1.29, 1.82) is 0 Å². The van der Waals surface area contributed by atoms with E-state index in [1.165, 1.54) is 5.56 Å². The van der Waals surface area contributed by atoms with Crippen molar-refractivity contribution in [2.45, 2.75) is 6.92 Å². The molecule has 0 aromatic heterocycles. The number of halogens is 1. The highest BCUT2D eigenvalue weighted by Gasteiger charge is 2.29. The van der Waals surface area contributed by atoms with Crippen molar-refractivity contribution >= 4 is 23.0 Å². The number of hydrogen-bond donors (Lipinski definition) is 0. The third kappa shape index (κ3) is 2.01. The first kappa shape index (κ1) is 12.5. The summed E-state index contributed by atoms with van der Waals surface area (Å²) in [6, 6.07) is 14.2.